The number of piperazine rings is 1. The Morgan fingerprint density at radius 2 is 1.55 bits per heavy atom. The van der Waals surface area contributed by atoms with Crippen molar-refractivity contribution in [2.45, 2.75) is 26.3 Å². The molecule has 2 aliphatic rings. The molecule has 0 bridgehead atoms. The van der Waals surface area contributed by atoms with Crippen LogP contribution in [0, 0.1) is 0 Å². The Hall–Kier alpha value is -2.50. The molecule has 2 aromatic carbocycles. The molecule has 0 radical (unpaired) electrons. The molecule has 0 N–H and O–H groups in total. The first-order valence-electron chi connectivity index (χ1n) is 10.5. The topological polar surface area (TPSA) is 43.9 Å². The highest BCUT2D eigenvalue weighted by Gasteiger charge is 2.36. The van der Waals surface area contributed by atoms with Crippen molar-refractivity contribution < 1.29 is 9.59 Å². The predicted octanol–water partition coefficient (Wildman–Crippen LogP) is 3.16. The fourth-order valence-electron chi connectivity index (χ4n) is 4.15. The van der Waals surface area contributed by atoms with E-state index in [1.165, 1.54) is 5.56 Å². The molecule has 0 atom stereocenters. The number of hydrogen-bond donors (Lipinski definition) is 0. The van der Waals surface area contributed by atoms with E-state index in [-0.39, 0.29) is 11.7 Å². The summed E-state index contributed by atoms with van der Waals surface area (Å²) in [5.41, 5.74) is 3.78. The van der Waals surface area contributed by atoms with E-state index < -0.39 is 0 Å². The Morgan fingerprint density at radius 1 is 0.862 bits per heavy atom. The minimum atomic E-state index is -0.386. The van der Waals surface area contributed by atoms with Crippen LogP contribution < -0.4 is 4.90 Å². The van der Waals surface area contributed by atoms with Gasteiger partial charge < -0.3 is 4.90 Å². The van der Waals surface area contributed by atoms with Crippen LogP contribution in [0.4, 0.5) is 5.69 Å². The van der Waals surface area contributed by atoms with Crippen LogP contribution >= 0.6 is 0 Å². The van der Waals surface area contributed by atoms with Gasteiger partial charge in [0.25, 0.3) is 11.7 Å². The number of Topliss-reactive ketones (excluding diaryl/α,β-unsaturated/α-hetero) is 1. The molecular weight excluding hydrogens is 362 g/mol. The fraction of sp³-hybridized carbons (Fsp3) is 0.417. The normalized spacial score (nSPS) is 18.0. The largest absolute Gasteiger partial charge is 0.303 e. The lowest BCUT2D eigenvalue weighted by molar-refractivity contribution is -0.114. The monoisotopic (exact) mass is 391 g/mol. The quantitative estimate of drug-likeness (QED) is 0.710. The summed E-state index contributed by atoms with van der Waals surface area (Å²) < 4.78 is 0. The third kappa shape index (κ3) is 4.26. The van der Waals surface area contributed by atoms with E-state index in [1.54, 1.807) is 4.90 Å². The Balaban J connectivity index is 1.32. The third-order valence-electron chi connectivity index (χ3n) is 6.02. The highest BCUT2D eigenvalue weighted by atomic mass is 16.2. The summed E-state index contributed by atoms with van der Waals surface area (Å²) in [6.07, 6.45) is 0. The average molecular weight is 392 g/mol. The van der Waals surface area contributed by atoms with Crippen molar-refractivity contribution in [3.63, 3.8) is 0 Å². The van der Waals surface area contributed by atoms with Crippen LogP contribution in [0.5, 0.6) is 0 Å². The fourth-order valence-corrected chi connectivity index (χ4v) is 4.15. The number of benzene rings is 2. The highest BCUT2D eigenvalue weighted by Crippen LogP contribution is 2.31. The molecule has 0 aromatic heterocycles. The van der Waals surface area contributed by atoms with Gasteiger partial charge in [0.05, 0.1) is 11.3 Å². The van der Waals surface area contributed by atoms with E-state index in [0.29, 0.717) is 18.0 Å². The molecule has 0 aliphatic carbocycles. The Morgan fingerprint density at radius 3 is 2.24 bits per heavy atom. The van der Waals surface area contributed by atoms with Crippen LogP contribution in [0.25, 0.3) is 0 Å². The number of anilines is 1. The van der Waals surface area contributed by atoms with Crippen LogP contribution in [0.15, 0.2) is 48.5 Å². The van der Waals surface area contributed by atoms with E-state index in [2.05, 4.69) is 47.9 Å². The maximum absolute atomic E-state index is 12.5. The molecule has 1 saturated heterocycles. The molecule has 5 heteroatoms. The van der Waals surface area contributed by atoms with Gasteiger partial charge in [-0.1, -0.05) is 50.2 Å². The Labute approximate surface area is 172 Å². The van der Waals surface area contributed by atoms with Gasteiger partial charge in [-0.15, -0.1) is 0 Å². The molecule has 1 fully saturated rings. The molecule has 2 aromatic rings. The van der Waals surface area contributed by atoms with Crippen molar-refractivity contribution >= 4 is 17.4 Å². The zero-order valence-electron chi connectivity index (χ0n) is 17.3. The smallest absolute Gasteiger partial charge is 0.299 e. The summed E-state index contributed by atoms with van der Waals surface area (Å²) in [4.78, 5) is 31.5. The number of nitrogens with zero attached hydrogens (tertiary/aromatic N) is 3. The second-order valence-electron chi connectivity index (χ2n) is 8.32. The number of rotatable bonds is 6. The van der Waals surface area contributed by atoms with Crippen LogP contribution in [0.1, 0.15) is 41.3 Å². The summed E-state index contributed by atoms with van der Waals surface area (Å²) >= 11 is 0. The molecule has 5 nitrogen and oxygen atoms in total. The third-order valence-corrected chi connectivity index (χ3v) is 6.02. The zero-order valence-corrected chi connectivity index (χ0v) is 17.3. The van der Waals surface area contributed by atoms with Crippen LogP contribution in [-0.4, -0.2) is 60.8 Å². The van der Waals surface area contributed by atoms with Crippen molar-refractivity contribution in [1.82, 2.24) is 9.80 Å². The minimum absolute atomic E-state index is 0.337. The van der Waals surface area contributed by atoms with Gasteiger partial charge in [-0.3, -0.25) is 19.4 Å². The van der Waals surface area contributed by atoms with E-state index in [1.807, 2.05) is 24.3 Å². The van der Waals surface area contributed by atoms with Gasteiger partial charge in [-0.25, -0.2) is 0 Å². The van der Waals surface area contributed by atoms with Gasteiger partial charge >= 0.3 is 0 Å². The minimum Gasteiger partial charge on any atom is -0.303 e. The summed E-state index contributed by atoms with van der Waals surface area (Å²) in [7, 11) is 0. The molecule has 0 unspecified atom stereocenters. The number of hydrogen-bond acceptors (Lipinski definition) is 4. The molecule has 29 heavy (non-hydrogen) atoms. The summed E-state index contributed by atoms with van der Waals surface area (Å²) in [6.45, 7) is 10.6. The van der Waals surface area contributed by atoms with Crippen molar-refractivity contribution in [3.8, 4) is 0 Å². The maximum atomic E-state index is 12.5. The van der Waals surface area contributed by atoms with Crippen molar-refractivity contribution in [2.75, 3.05) is 44.2 Å². The van der Waals surface area contributed by atoms with Crippen LogP contribution in [0.2, 0.25) is 0 Å². The SMILES string of the molecule is CC(C)c1ccc2c(c1)C(=O)C(=O)N2CCN1CCN(Cc2ccccc2)CC1. The molecular formula is C24H29N3O2. The lowest BCUT2D eigenvalue weighted by atomic mass is 9.99. The van der Waals surface area contributed by atoms with Crippen LogP contribution in [-0.2, 0) is 11.3 Å². The van der Waals surface area contributed by atoms with E-state index in [0.717, 1.165) is 50.5 Å². The number of ketones is 1. The predicted molar refractivity (Wildman–Crippen MR) is 115 cm³/mol. The highest BCUT2D eigenvalue weighted by molar-refractivity contribution is 6.52. The van der Waals surface area contributed by atoms with Gasteiger partial charge in [0.2, 0.25) is 0 Å². The number of fused-ring (bicyclic) bond motifs is 1. The molecule has 2 aliphatic heterocycles. The van der Waals surface area contributed by atoms with Gasteiger partial charge in [0, 0.05) is 45.8 Å². The lowest BCUT2D eigenvalue weighted by Gasteiger charge is -2.35. The summed E-state index contributed by atoms with van der Waals surface area (Å²) in [5.74, 6) is -0.414. The Bertz CT molecular complexity index is 886. The maximum Gasteiger partial charge on any atom is 0.299 e. The standard InChI is InChI=1S/C24H29N3O2/c1-18(2)20-8-9-22-21(16-20)23(28)24(29)27(22)15-14-25-10-12-26(13-11-25)17-19-6-4-3-5-7-19/h3-9,16,18H,10-15,17H2,1-2H3. The first-order valence-corrected chi connectivity index (χ1v) is 10.5. The first-order chi connectivity index (χ1) is 14.0. The average Bonchev–Trinajstić information content (AvgIpc) is 2.98. The van der Waals surface area contributed by atoms with E-state index in [4.69, 9.17) is 0 Å². The Kier molecular flexibility index (Phi) is 5.79. The lowest BCUT2D eigenvalue weighted by Crippen LogP contribution is -2.48. The van der Waals surface area contributed by atoms with Gasteiger partial charge in [0.15, 0.2) is 0 Å². The second-order valence-corrected chi connectivity index (χ2v) is 8.32. The zero-order chi connectivity index (χ0) is 20.4. The first kappa shape index (κ1) is 19.8. The molecule has 1 amide bonds. The van der Waals surface area contributed by atoms with Gasteiger partial charge in [-0.2, -0.15) is 0 Å². The second kappa shape index (κ2) is 8.47. The number of carbonyl (C=O) groups is 2. The van der Waals surface area contributed by atoms with E-state index in [9.17, 15) is 9.59 Å². The number of amides is 1. The molecule has 4 rings (SSSR count). The molecule has 0 spiro atoms. The molecule has 2 heterocycles. The molecule has 152 valence electrons. The summed E-state index contributed by atoms with van der Waals surface area (Å²) in [5, 5.41) is 0. The van der Waals surface area contributed by atoms with Gasteiger partial charge in [-0.05, 0) is 29.2 Å². The summed E-state index contributed by atoms with van der Waals surface area (Å²) in [6, 6.07) is 16.4. The van der Waals surface area contributed by atoms with E-state index >= 15 is 0 Å². The number of carbonyl (C=O) groups excluding carboxylic acids is 2. The van der Waals surface area contributed by atoms with Gasteiger partial charge in [0.1, 0.15) is 0 Å². The van der Waals surface area contributed by atoms with Crippen molar-refractivity contribution in [3.05, 3.63) is 65.2 Å². The van der Waals surface area contributed by atoms with Crippen molar-refractivity contribution in [2.24, 2.45) is 0 Å². The molecule has 0 saturated carbocycles. The van der Waals surface area contributed by atoms with Crippen molar-refractivity contribution in [1.29, 1.82) is 0 Å². The van der Waals surface area contributed by atoms with Crippen LogP contribution in [0.3, 0.4) is 0 Å².